The number of ether oxygens (including phenoxy) is 1. The molecule has 0 aliphatic heterocycles. The van der Waals surface area contributed by atoms with Crippen molar-refractivity contribution in [3.63, 3.8) is 0 Å². The van der Waals surface area contributed by atoms with E-state index in [1.807, 2.05) is 6.92 Å². The van der Waals surface area contributed by atoms with E-state index in [1.54, 1.807) is 0 Å². The molecule has 0 heterocycles. The zero-order chi connectivity index (χ0) is 8.53. The van der Waals surface area contributed by atoms with Gasteiger partial charge in [-0.15, -0.1) is 0 Å². The van der Waals surface area contributed by atoms with E-state index in [0.717, 1.165) is 5.75 Å². The van der Waals surface area contributed by atoms with Crippen LogP contribution in [0.15, 0.2) is 0 Å². The van der Waals surface area contributed by atoms with Crippen LogP contribution in [0, 0.1) is 0 Å². The van der Waals surface area contributed by atoms with Gasteiger partial charge in [-0.1, -0.05) is 18.9 Å². The lowest BCUT2D eigenvalue weighted by Gasteiger charge is -2.02. The first kappa shape index (κ1) is 10.7. The number of nitrogens with two attached hydrogens (primary N) is 1. The van der Waals surface area contributed by atoms with E-state index >= 15 is 0 Å². The van der Waals surface area contributed by atoms with Crippen molar-refractivity contribution in [1.29, 1.82) is 0 Å². The van der Waals surface area contributed by atoms with E-state index in [-0.39, 0.29) is 12.5 Å². The van der Waals surface area contributed by atoms with Crippen molar-refractivity contribution < 1.29 is 9.53 Å². The van der Waals surface area contributed by atoms with Gasteiger partial charge in [0, 0.05) is 12.3 Å². The second kappa shape index (κ2) is 7.84. The molecule has 4 nitrogen and oxygen atoms in total. The molecule has 0 radical (unpaired) electrons. The molecule has 0 aromatic heterocycles. The summed E-state index contributed by atoms with van der Waals surface area (Å²) in [6, 6.07) is 0. The molecule has 0 bridgehead atoms. The van der Waals surface area contributed by atoms with Crippen LogP contribution in [0.2, 0.25) is 0 Å². The molecule has 0 saturated carbocycles. The minimum Gasteiger partial charge on any atom is -0.463 e. The third kappa shape index (κ3) is 7.64. The van der Waals surface area contributed by atoms with Gasteiger partial charge in [0.2, 0.25) is 0 Å². The van der Waals surface area contributed by atoms with Crippen LogP contribution in [0.1, 0.15) is 6.92 Å². The SMILES string of the molecule is CCSNCC(=O)OCCN. The lowest BCUT2D eigenvalue weighted by Crippen LogP contribution is -2.22. The molecule has 0 fully saturated rings. The van der Waals surface area contributed by atoms with Crippen LogP contribution in [0.5, 0.6) is 0 Å². The Labute approximate surface area is 71.0 Å². The van der Waals surface area contributed by atoms with E-state index in [4.69, 9.17) is 10.5 Å². The fourth-order valence-corrected chi connectivity index (χ4v) is 0.860. The highest BCUT2D eigenvalue weighted by Crippen LogP contribution is 1.89. The van der Waals surface area contributed by atoms with Crippen LogP contribution in [0.25, 0.3) is 0 Å². The van der Waals surface area contributed by atoms with Gasteiger partial charge in [0.25, 0.3) is 0 Å². The van der Waals surface area contributed by atoms with Crippen molar-refractivity contribution >= 4 is 17.9 Å². The summed E-state index contributed by atoms with van der Waals surface area (Å²) in [5.41, 5.74) is 5.13. The maximum Gasteiger partial charge on any atom is 0.320 e. The lowest BCUT2D eigenvalue weighted by atomic mass is 10.6. The third-order valence-electron chi connectivity index (χ3n) is 0.844. The fourth-order valence-electron chi connectivity index (χ4n) is 0.436. The molecule has 0 rings (SSSR count). The Hall–Kier alpha value is -0.260. The zero-order valence-electron chi connectivity index (χ0n) is 6.63. The van der Waals surface area contributed by atoms with Gasteiger partial charge in [-0.05, 0) is 0 Å². The van der Waals surface area contributed by atoms with Crippen LogP contribution in [0.4, 0.5) is 0 Å². The summed E-state index contributed by atoms with van der Waals surface area (Å²) >= 11 is 1.49. The van der Waals surface area contributed by atoms with Gasteiger partial charge in [-0.3, -0.25) is 9.52 Å². The van der Waals surface area contributed by atoms with Crippen LogP contribution in [-0.4, -0.2) is 31.4 Å². The Morgan fingerprint density at radius 2 is 2.45 bits per heavy atom. The van der Waals surface area contributed by atoms with Crippen molar-refractivity contribution in [3.8, 4) is 0 Å². The van der Waals surface area contributed by atoms with Crippen molar-refractivity contribution in [2.75, 3.05) is 25.4 Å². The van der Waals surface area contributed by atoms with E-state index in [0.29, 0.717) is 13.2 Å². The molecule has 0 amide bonds. The lowest BCUT2D eigenvalue weighted by molar-refractivity contribution is -0.141. The number of carbonyl (C=O) groups excluding carboxylic acids is 1. The molecule has 0 saturated heterocycles. The van der Waals surface area contributed by atoms with E-state index in [2.05, 4.69) is 4.72 Å². The Morgan fingerprint density at radius 3 is 3.00 bits per heavy atom. The predicted octanol–water partition coefficient (Wildman–Crippen LogP) is -0.254. The molecular weight excluding hydrogens is 164 g/mol. The van der Waals surface area contributed by atoms with Crippen LogP contribution < -0.4 is 10.5 Å². The molecule has 0 aromatic carbocycles. The fraction of sp³-hybridized carbons (Fsp3) is 0.833. The largest absolute Gasteiger partial charge is 0.463 e. The van der Waals surface area contributed by atoms with Gasteiger partial charge < -0.3 is 10.5 Å². The zero-order valence-corrected chi connectivity index (χ0v) is 7.45. The highest BCUT2D eigenvalue weighted by Gasteiger charge is 1.99. The average Bonchev–Trinajstić information content (AvgIpc) is 2.01. The van der Waals surface area contributed by atoms with Crippen molar-refractivity contribution in [2.45, 2.75) is 6.92 Å². The summed E-state index contributed by atoms with van der Waals surface area (Å²) in [7, 11) is 0. The molecule has 66 valence electrons. The molecule has 0 aliphatic carbocycles. The highest BCUT2D eigenvalue weighted by atomic mass is 32.2. The molecule has 3 N–H and O–H groups in total. The molecule has 0 unspecified atom stereocenters. The van der Waals surface area contributed by atoms with Gasteiger partial charge in [0.1, 0.15) is 13.2 Å². The number of carbonyl (C=O) groups is 1. The average molecular weight is 178 g/mol. The summed E-state index contributed by atoms with van der Waals surface area (Å²) in [5.74, 6) is 0.681. The Balaban J connectivity index is 3.09. The van der Waals surface area contributed by atoms with E-state index in [1.165, 1.54) is 11.9 Å². The van der Waals surface area contributed by atoms with E-state index in [9.17, 15) is 4.79 Å². The van der Waals surface area contributed by atoms with Gasteiger partial charge in [-0.2, -0.15) is 0 Å². The smallest absolute Gasteiger partial charge is 0.320 e. The minimum absolute atomic E-state index is 0.249. The van der Waals surface area contributed by atoms with Crippen LogP contribution in [0.3, 0.4) is 0 Å². The Morgan fingerprint density at radius 1 is 1.73 bits per heavy atom. The maximum absolute atomic E-state index is 10.7. The molecular formula is C6H14N2O2S. The molecule has 0 atom stereocenters. The first-order chi connectivity index (χ1) is 5.31. The molecule has 0 aliphatic rings. The number of nitrogens with one attached hydrogen (secondary N) is 1. The summed E-state index contributed by atoms with van der Waals surface area (Å²) < 4.78 is 7.54. The molecule has 0 aromatic rings. The molecule has 11 heavy (non-hydrogen) atoms. The quantitative estimate of drug-likeness (QED) is 0.333. The van der Waals surface area contributed by atoms with Crippen LogP contribution in [-0.2, 0) is 9.53 Å². The Kier molecular flexibility index (Phi) is 7.66. The highest BCUT2D eigenvalue weighted by molar-refractivity contribution is 7.97. The summed E-state index contributed by atoms with van der Waals surface area (Å²) in [6.45, 7) is 2.94. The number of hydrogen-bond donors (Lipinski definition) is 2. The monoisotopic (exact) mass is 178 g/mol. The second-order valence-electron chi connectivity index (χ2n) is 1.76. The van der Waals surface area contributed by atoms with Crippen molar-refractivity contribution in [2.24, 2.45) is 5.73 Å². The summed E-state index contributed by atoms with van der Waals surface area (Å²) in [4.78, 5) is 10.7. The summed E-state index contributed by atoms with van der Waals surface area (Å²) in [5, 5.41) is 0. The molecule has 5 heteroatoms. The van der Waals surface area contributed by atoms with E-state index < -0.39 is 0 Å². The third-order valence-corrected chi connectivity index (χ3v) is 1.48. The first-order valence-corrected chi connectivity index (χ1v) is 4.50. The number of hydrogen-bond acceptors (Lipinski definition) is 5. The van der Waals surface area contributed by atoms with Gasteiger partial charge in [0.15, 0.2) is 0 Å². The standard InChI is InChI=1S/C6H14N2O2S/c1-2-11-8-5-6(9)10-4-3-7/h8H,2-5,7H2,1H3. The first-order valence-electron chi connectivity index (χ1n) is 3.51. The second-order valence-corrected chi connectivity index (χ2v) is 2.92. The number of esters is 1. The van der Waals surface area contributed by atoms with Crippen molar-refractivity contribution in [3.05, 3.63) is 0 Å². The van der Waals surface area contributed by atoms with Crippen LogP contribution >= 0.6 is 11.9 Å². The van der Waals surface area contributed by atoms with Gasteiger partial charge >= 0.3 is 5.97 Å². The van der Waals surface area contributed by atoms with Gasteiger partial charge in [0.05, 0.1) is 0 Å². The predicted molar refractivity (Wildman–Crippen MR) is 46.1 cm³/mol. The Bertz CT molecular complexity index is 111. The summed E-state index contributed by atoms with van der Waals surface area (Å²) in [6.07, 6.45) is 0. The normalized spacial score (nSPS) is 9.64. The van der Waals surface area contributed by atoms with Gasteiger partial charge in [-0.25, -0.2) is 0 Å². The minimum atomic E-state index is -0.253. The number of rotatable bonds is 6. The topological polar surface area (TPSA) is 64.3 Å². The molecule has 0 spiro atoms. The maximum atomic E-state index is 10.7. The van der Waals surface area contributed by atoms with Crippen molar-refractivity contribution in [1.82, 2.24) is 4.72 Å².